The average molecular weight is 237 g/mol. The second-order valence-corrected chi connectivity index (χ2v) is 5.21. The van der Waals surface area contributed by atoms with E-state index in [0.29, 0.717) is 18.2 Å². The fraction of sp³-hybridized carbons (Fsp3) is 0.571. The average Bonchev–Trinajstić information content (AvgIpc) is 3.08. The normalized spacial score (nSPS) is 17.3. The van der Waals surface area contributed by atoms with E-state index >= 15 is 0 Å². The van der Waals surface area contributed by atoms with Gasteiger partial charge in [-0.1, -0.05) is 13.8 Å². The maximum atomic E-state index is 13.6. The zero-order chi connectivity index (χ0) is 12.6. The van der Waals surface area contributed by atoms with Crippen molar-refractivity contribution in [3.63, 3.8) is 0 Å². The second-order valence-electron chi connectivity index (χ2n) is 5.21. The van der Waals surface area contributed by atoms with Gasteiger partial charge in [0.2, 0.25) is 0 Å². The van der Waals surface area contributed by atoms with E-state index < -0.39 is 0 Å². The summed E-state index contributed by atoms with van der Waals surface area (Å²) < 4.78 is 18.9. The first-order chi connectivity index (χ1) is 8.04. The van der Waals surface area contributed by atoms with Crippen molar-refractivity contribution in [2.75, 3.05) is 13.7 Å². The van der Waals surface area contributed by atoms with Gasteiger partial charge in [-0.3, -0.25) is 0 Å². The third-order valence-corrected chi connectivity index (χ3v) is 3.72. The highest BCUT2D eigenvalue weighted by molar-refractivity contribution is 5.49. The van der Waals surface area contributed by atoms with Crippen LogP contribution in [0.4, 0.5) is 4.39 Å². The lowest BCUT2D eigenvalue weighted by molar-refractivity contribution is 0.401. The summed E-state index contributed by atoms with van der Waals surface area (Å²) in [4.78, 5) is 0. The SMILES string of the molecule is COc1cc(F)cc(C2(CN)CC2)c1C(C)C. The molecule has 0 aliphatic heterocycles. The molecule has 2 nitrogen and oxygen atoms in total. The van der Waals surface area contributed by atoms with Crippen molar-refractivity contribution in [1.29, 1.82) is 0 Å². The van der Waals surface area contributed by atoms with Crippen LogP contribution in [0.1, 0.15) is 43.7 Å². The molecule has 0 unspecified atom stereocenters. The minimum Gasteiger partial charge on any atom is -0.496 e. The molecule has 94 valence electrons. The van der Waals surface area contributed by atoms with Crippen LogP contribution in [0.2, 0.25) is 0 Å². The van der Waals surface area contributed by atoms with Crippen LogP contribution in [-0.2, 0) is 5.41 Å². The van der Waals surface area contributed by atoms with E-state index in [2.05, 4.69) is 13.8 Å². The molecule has 1 fully saturated rings. The van der Waals surface area contributed by atoms with Gasteiger partial charge in [0.15, 0.2) is 0 Å². The van der Waals surface area contributed by atoms with Gasteiger partial charge in [0.25, 0.3) is 0 Å². The minimum atomic E-state index is -0.235. The third-order valence-electron chi connectivity index (χ3n) is 3.72. The monoisotopic (exact) mass is 237 g/mol. The zero-order valence-electron chi connectivity index (χ0n) is 10.7. The summed E-state index contributed by atoms with van der Waals surface area (Å²) in [5.41, 5.74) is 8.00. The fourth-order valence-corrected chi connectivity index (χ4v) is 2.53. The maximum Gasteiger partial charge on any atom is 0.127 e. The summed E-state index contributed by atoms with van der Waals surface area (Å²) in [6, 6.07) is 3.10. The highest BCUT2D eigenvalue weighted by atomic mass is 19.1. The Bertz CT molecular complexity index is 424. The molecule has 0 spiro atoms. The van der Waals surface area contributed by atoms with Gasteiger partial charge >= 0.3 is 0 Å². The topological polar surface area (TPSA) is 35.2 Å². The van der Waals surface area contributed by atoms with Crippen LogP contribution in [0.25, 0.3) is 0 Å². The Morgan fingerprint density at radius 1 is 1.41 bits per heavy atom. The Kier molecular flexibility index (Phi) is 3.13. The van der Waals surface area contributed by atoms with E-state index in [-0.39, 0.29) is 11.2 Å². The van der Waals surface area contributed by atoms with E-state index in [1.165, 1.54) is 6.07 Å². The van der Waals surface area contributed by atoms with Gasteiger partial charge in [0.1, 0.15) is 11.6 Å². The lowest BCUT2D eigenvalue weighted by Gasteiger charge is -2.22. The lowest BCUT2D eigenvalue weighted by atomic mass is 9.86. The van der Waals surface area contributed by atoms with Crippen molar-refractivity contribution in [3.8, 4) is 5.75 Å². The standard InChI is InChI=1S/C14H20FNO/c1-9(2)13-11(14(8-16)4-5-14)6-10(15)7-12(13)17-3/h6-7,9H,4-5,8,16H2,1-3H3. The predicted molar refractivity (Wildman–Crippen MR) is 67.0 cm³/mol. The molecule has 3 heteroatoms. The third kappa shape index (κ3) is 2.04. The van der Waals surface area contributed by atoms with Gasteiger partial charge in [0.05, 0.1) is 7.11 Å². The number of halogens is 1. The minimum absolute atomic E-state index is 0.00498. The molecule has 0 heterocycles. The number of benzene rings is 1. The Morgan fingerprint density at radius 3 is 2.47 bits per heavy atom. The predicted octanol–water partition coefficient (Wildman–Crippen LogP) is 2.95. The van der Waals surface area contributed by atoms with E-state index in [0.717, 1.165) is 24.0 Å². The Labute approximate surface area is 102 Å². The maximum absolute atomic E-state index is 13.6. The molecule has 1 aromatic rings. The molecular weight excluding hydrogens is 217 g/mol. The molecule has 0 saturated heterocycles. The first kappa shape index (κ1) is 12.4. The molecule has 2 N–H and O–H groups in total. The molecule has 1 aliphatic rings. The summed E-state index contributed by atoms with van der Waals surface area (Å²) >= 11 is 0. The lowest BCUT2D eigenvalue weighted by Crippen LogP contribution is -2.22. The Balaban J connectivity index is 2.60. The van der Waals surface area contributed by atoms with E-state index in [1.54, 1.807) is 13.2 Å². The molecule has 17 heavy (non-hydrogen) atoms. The number of methoxy groups -OCH3 is 1. The van der Waals surface area contributed by atoms with Crippen LogP contribution in [0.5, 0.6) is 5.75 Å². The molecule has 0 aromatic heterocycles. The molecular formula is C14H20FNO. The van der Waals surface area contributed by atoms with Crippen LogP contribution < -0.4 is 10.5 Å². The number of ether oxygens (including phenoxy) is 1. The molecule has 0 amide bonds. The Morgan fingerprint density at radius 2 is 2.06 bits per heavy atom. The van der Waals surface area contributed by atoms with Crippen molar-refractivity contribution in [2.24, 2.45) is 5.73 Å². The summed E-state index contributed by atoms with van der Waals surface area (Å²) in [6.45, 7) is 4.79. The smallest absolute Gasteiger partial charge is 0.127 e. The van der Waals surface area contributed by atoms with Crippen molar-refractivity contribution in [1.82, 2.24) is 0 Å². The molecule has 1 aliphatic carbocycles. The largest absolute Gasteiger partial charge is 0.496 e. The Hall–Kier alpha value is -1.09. The number of rotatable bonds is 4. The number of hydrogen-bond acceptors (Lipinski definition) is 2. The molecule has 1 aromatic carbocycles. The highest BCUT2D eigenvalue weighted by Crippen LogP contribution is 2.51. The van der Waals surface area contributed by atoms with Gasteiger partial charge in [-0.25, -0.2) is 4.39 Å². The van der Waals surface area contributed by atoms with Crippen LogP contribution >= 0.6 is 0 Å². The van der Waals surface area contributed by atoms with E-state index in [1.807, 2.05) is 0 Å². The zero-order valence-corrected chi connectivity index (χ0v) is 10.7. The molecule has 0 radical (unpaired) electrons. The first-order valence-corrected chi connectivity index (χ1v) is 6.12. The second kappa shape index (κ2) is 4.30. The summed E-state index contributed by atoms with van der Waals surface area (Å²) in [7, 11) is 1.59. The van der Waals surface area contributed by atoms with Crippen molar-refractivity contribution >= 4 is 0 Å². The highest BCUT2D eigenvalue weighted by Gasteiger charge is 2.45. The summed E-state index contributed by atoms with van der Waals surface area (Å²) in [5, 5.41) is 0. The van der Waals surface area contributed by atoms with Crippen LogP contribution in [-0.4, -0.2) is 13.7 Å². The van der Waals surface area contributed by atoms with Crippen molar-refractivity contribution < 1.29 is 9.13 Å². The van der Waals surface area contributed by atoms with Crippen LogP contribution in [0, 0.1) is 5.82 Å². The van der Waals surface area contributed by atoms with Crippen molar-refractivity contribution in [3.05, 3.63) is 29.1 Å². The summed E-state index contributed by atoms with van der Waals surface area (Å²) in [5.74, 6) is 0.722. The molecule has 2 rings (SSSR count). The van der Waals surface area contributed by atoms with Crippen LogP contribution in [0.15, 0.2) is 12.1 Å². The van der Waals surface area contributed by atoms with Gasteiger partial charge in [-0.05, 0) is 30.4 Å². The molecule has 0 atom stereocenters. The molecule has 1 saturated carbocycles. The van der Waals surface area contributed by atoms with Gasteiger partial charge in [-0.15, -0.1) is 0 Å². The molecule has 0 bridgehead atoms. The van der Waals surface area contributed by atoms with Gasteiger partial charge in [-0.2, -0.15) is 0 Å². The van der Waals surface area contributed by atoms with Crippen LogP contribution in [0.3, 0.4) is 0 Å². The van der Waals surface area contributed by atoms with Crippen molar-refractivity contribution in [2.45, 2.75) is 38.0 Å². The quantitative estimate of drug-likeness (QED) is 0.873. The number of nitrogens with two attached hydrogens (primary N) is 1. The summed E-state index contributed by atoms with van der Waals surface area (Å²) in [6.07, 6.45) is 2.10. The van der Waals surface area contributed by atoms with E-state index in [4.69, 9.17) is 10.5 Å². The van der Waals surface area contributed by atoms with Gasteiger partial charge in [0, 0.05) is 23.6 Å². The van der Waals surface area contributed by atoms with E-state index in [9.17, 15) is 4.39 Å². The number of hydrogen-bond donors (Lipinski definition) is 1. The first-order valence-electron chi connectivity index (χ1n) is 6.12. The van der Waals surface area contributed by atoms with Gasteiger partial charge < -0.3 is 10.5 Å². The fourth-order valence-electron chi connectivity index (χ4n) is 2.53.